The van der Waals surface area contributed by atoms with E-state index in [0.29, 0.717) is 15.9 Å². The minimum absolute atomic E-state index is 0.111. The fourth-order valence-corrected chi connectivity index (χ4v) is 3.41. The predicted octanol–water partition coefficient (Wildman–Crippen LogP) is 4.40. The summed E-state index contributed by atoms with van der Waals surface area (Å²) >= 11 is 12.4. The lowest BCUT2D eigenvalue weighted by molar-refractivity contribution is 0.256. The van der Waals surface area contributed by atoms with Gasteiger partial charge in [-0.05, 0) is 43.7 Å². The second-order valence-corrected chi connectivity index (χ2v) is 6.99. The van der Waals surface area contributed by atoms with Gasteiger partial charge in [-0.2, -0.15) is 0 Å². The zero-order valence-corrected chi connectivity index (χ0v) is 16.0. The highest BCUT2D eigenvalue weighted by molar-refractivity contribution is 6.43. The molecule has 0 aliphatic carbocycles. The minimum atomic E-state index is 0.111. The van der Waals surface area contributed by atoms with E-state index in [9.17, 15) is 5.11 Å². The standard InChI is InChI=1S/C19H22Cl2N4O/c20-15-5-3-6-16(18(15)21)25-13-11-24(12-14-25)10-2-1-8-22-19-17(26)7-4-9-23-19/h3-9,26H,1-2,10-14H2. The molecule has 0 bridgehead atoms. The van der Waals surface area contributed by atoms with Crippen molar-refractivity contribution in [3.8, 4) is 5.75 Å². The summed E-state index contributed by atoms with van der Waals surface area (Å²) in [6, 6.07) is 9.05. The summed E-state index contributed by atoms with van der Waals surface area (Å²) in [5.41, 5.74) is 1.01. The zero-order valence-electron chi connectivity index (χ0n) is 14.5. The molecule has 5 nitrogen and oxygen atoms in total. The van der Waals surface area contributed by atoms with Crippen LogP contribution in [0.2, 0.25) is 10.0 Å². The van der Waals surface area contributed by atoms with Crippen LogP contribution in [0.1, 0.15) is 12.8 Å². The predicted molar refractivity (Wildman–Crippen MR) is 108 cm³/mol. The van der Waals surface area contributed by atoms with E-state index in [2.05, 4.69) is 19.8 Å². The summed E-state index contributed by atoms with van der Waals surface area (Å²) in [7, 11) is 0. The lowest BCUT2D eigenvalue weighted by Gasteiger charge is -2.36. The average Bonchev–Trinajstić information content (AvgIpc) is 2.66. The molecule has 1 aliphatic rings. The number of rotatable bonds is 6. The van der Waals surface area contributed by atoms with E-state index in [4.69, 9.17) is 23.2 Å². The molecule has 1 saturated heterocycles. The van der Waals surface area contributed by atoms with Gasteiger partial charge in [0.15, 0.2) is 11.6 Å². The zero-order chi connectivity index (χ0) is 18.4. The molecule has 1 aliphatic heterocycles. The maximum atomic E-state index is 9.62. The van der Waals surface area contributed by atoms with Crippen molar-refractivity contribution >= 4 is 40.9 Å². The summed E-state index contributed by atoms with van der Waals surface area (Å²) in [5, 5.41) is 10.9. The molecule has 1 N–H and O–H groups in total. The van der Waals surface area contributed by atoms with E-state index in [0.717, 1.165) is 51.3 Å². The fourth-order valence-electron chi connectivity index (χ4n) is 2.99. The van der Waals surface area contributed by atoms with Crippen molar-refractivity contribution in [2.24, 2.45) is 4.99 Å². The molecule has 26 heavy (non-hydrogen) atoms. The number of hydrogen-bond acceptors (Lipinski definition) is 5. The lowest BCUT2D eigenvalue weighted by atomic mass is 10.2. The number of pyridine rings is 1. The number of piperazine rings is 1. The first-order valence-corrected chi connectivity index (χ1v) is 9.48. The van der Waals surface area contributed by atoms with Crippen molar-refractivity contribution in [2.75, 3.05) is 37.6 Å². The summed E-state index contributed by atoms with van der Waals surface area (Å²) < 4.78 is 0. The first-order chi connectivity index (χ1) is 12.6. The SMILES string of the molecule is Oc1cccnc1N=CCCCN1CCN(c2cccc(Cl)c2Cl)CC1. The highest BCUT2D eigenvalue weighted by Crippen LogP contribution is 2.32. The van der Waals surface area contributed by atoms with Gasteiger partial charge in [0.1, 0.15) is 0 Å². The Balaban J connectivity index is 1.41. The van der Waals surface area contributed by atoms with Gasteiger partial charge in [-0.1, -0.05) is 29.3 Å². The van der Waals surface area contributed by atoms with Gasteiger partial charge < -0.3 is 10.0 Å². The number of anilines is 1. The van der Waals surface area contributed by atoms with Gasteiger partial charge in [-0.25, -0.2) is 9.98 Å². The Hall–Kier alpha value is -1.82. The van der Waals surface area contributed by atoms with Crippen LogP contribution < -0.4 is 4.90 Å². The topological polar surface area (TPSA) is 52.0 Å². The van der Waals surface area contributed by atoms with E-state index >= 15 is 0 Å². The number of aliphatic imine (C=N–C) groups is 1. The monoisotopic (exact) mass is 392 g/mol. The van der Waals surface area contributed by atoms with Gasteiger partial charge in [0.2, 0.25) is 0 Å². The quantitative estimate of drug-likeness (QED) is 0.584. The van der Waals surface area contributed by atoms with Crippen molar-refractivity contribution < 1.29 is 5.11 Å². The maximum Gasteiger partial charge on any atom is 0.194 e. The third-order valence-corrected chi connectivity index (χ3v) is 5.24. The van der Waals surface area contributed by atoms with Crippen LogP contribution in [0.15, 0.2) is 41.5 Å². The molecule has 7 heteroatoms. The molecule has 0 saturated carbocycles. The van der Waals surface area contributed by atoms with Crippen LogP contribution in [0.4, 0.5) is 11.5 Å². The lowest BCUT2D eigenvalue weighted by Crippen LogP contribution is -2.46. The average molecular weight is 393 g/mol. The molecule has 3 rings (SSSR count). The highest BCUT2D eigenvalue weighted by atomic mass is 35.5. The molecule has 0 amide bonds. The number of nitrogens with zero attached hydrogens (tertiary/aromatic N) is 4. The molecule has 0 radical (unpaired) electrons. The summed E-state index contributed by atoms with van der Waals surface area (Å²) in [5.74, 6) is 0.485. The summed E-state index contributed by atoms with van der Waals surface area (Å²) in [6.07, 6.45) is 5.33. The number of aromatic nitrogens is 1. The summed E-state index contributed by atoms with van der Waals surface area (Å²) in [4.78, 5) is 13.0. The van der Waals surface area contributed by atoms with Gasteiger partial charge in [-0.15, -0.1) is 0 Å². The van der Waals surface area contributed by atoms with Gasteiger partial charge in [0, 0.05) is 38.6 Å². The Morgan fingerprint density at radius 2 is 1.92 bits per heavy atom. The highest BCUT2D eigenvalue weighted by Gasteiger charge is 2.19. The van der Waals surface area contributed by atoms with Gasteiger partial charge in [-0.3, -0.25) is 4.90 Å². The molecule has 2 heterocycles. The van der Waals surface area contributed by atoms with Gasteiger partial charge >= 0.3 is 0 Å². The first kappa shape index (κ1) is 19.0. The smallest absolute Gasteiger partial charge is 0.194 e. The summed E-state index contributed by atoms with van der Waals surface area (Å²) in [6.45, 7) is 4.91. The minimum Gasteiger partial charge on any atom is -0.504 e. The van der Waals surface area contributed by atoms with E-state index in [1.54, 1.807) is 18.3 Å². The second-order valence-electron chi connectivity index (χ2n) is 6.20. The molecular weight excluding hydrogens is 371 g/mol. The van der Waals surface area contributed by atoms with Crippen molar-refractivity contribution in [1.82, 2.24) is 9.88 Å². The largest absolute Gasteiger partial charge is 0.504 e. The van der Waals surface area contributed by atoms with Crippen molar-refractivity contribution in [1.29, 1.82) is 0 Å². The Labute approximate surface area is 163 Å². The number of hydrogen-bond donors (Lipinski definition) is 1. The van der Waals surface area contributed by atoms with Gasteiger partial charge in [0.25, 0.3) is 0 Å². The van der Waals surface area contributed by atoms with Crippen LogP contribution in [0.25, 0.3) is 0 Å². The molecule has 0 unspecified atom stereocenters. The van der Waals surface area contributed by atoms with E-state index in [1.807, 2.05) is 24.4 Å². The second kappa shape index (κ2) is 9.21. The Morgan fingerprint density at radius 1 is 1.12 bits per heavy atom. The molecule has 0 spiro atoms. The fraction of sp³-hybridized carbons (Fsp3) is 0.368. The van der Waals surface area contributed by atoms with Crippen LogP contribution in [0.5, 0.6) is 5.75 Å². The number of benzene rings is 1. The maximum absolute atomic E-state index is 9.62. The Morgan fingerprint density at radius 3 is 2.69 bits per heavy atom. The first-order valence-electron chi connectivity index (χ1n) is 8.73. The van der Waals surface area contributed by atoms with Crippen molar-refractivity contribution in [3.63, 3.8) is 0 Å². The van der Waals surface area contributed by atoms with Crippen LogP contribution >= 0.6 is 23.2 Å². The van der Waals surface area contributed by atoms with Crippen LogP contribution in [0.3, 0.4) is 0 Å². The number of aromatic hydroxyl groups is 1. The Bertz CT molecular complexity index is 761. The molecule has 2 aromatic rings. The van der Waals surface area contributed by atoms with E-state index in [-0.39, 0.29) is 5.75 Å². The third kappa shape index (κ3) is 4.87. The van der Waals surface area contributed by atoms with Crippen LogP contribution in [-0.2, 0) is 0 Å². The normalized spacial score (nSPS) is 15.7. The molecule has 0 atom stereocenters. The molecule has 1 aromatic carbocycles. The van der Waals surface area contributed by atoms with Gasteiger partial charge in [0.05, 0.1) is 15.7 Å². The van der Waals surface area contributed by atoms with E-state index in [1.165, 1.54) is 0 Å². The number of unbranched alkanes of at least 4 members (excludes halogenated alkanes) is 1. The van der Waals surface area contributed by atoms with Crippen LogP contribution in [-0.4, -0.2) is 53.9 Å². The van der Waals surface area contributed by atoms with E-state index < -0.39 is 0 Å². The Kier molecular flexibility index (Phi) is 6.72. The van der Waals surface area contributed by atoms with Crippen molar-refractivity contribution in [2.45, 2.75) is 12.8 Å². The van der Waals surface area contributed by atoms with Crippen molar-refractivity contribution in [3.05, 3.63) is 46.6 Å². The molecule has 1 fully saturated rings. The molecule has 138 valence electrons. The molecular formula is C19H22Cl2N4O. The third-order valence-electron chi connectivity index (χ3n) is 4.43. The molecule has 1 aromatic heterocycles. The number of halogens is 2. The van der Waals surface area contributed by atoms with Crippen LogP contribution in [0, 0.1) is 0 Å².